The van der Waals surface area contributed by atoms with E-state index in [-0.39, 0.29) is 28.5 Å². The van der Waals surface area contributed by atoms with E-state index < -0.39 is 22.5 Å². The van der Waals surface area contributed by atoms with Crippen LogP contribution in [0.3, 0.4) is 0 Å². The maximum atomic E-state index is 12.1. The van der Waals surface area contributed by atoms with Crippen molar-refractivity contribution in [3.8, 4) is 0 Å². The van der Waals surface area contributed by atoms with Crippen LogP contribution in [0.4, 0.5) is 28.1 Å². The Balaban J connectivity index is 1.74. The average Bonchev–Trinajstić information content (AvgIpc) is 3.26. The number of para-hydroxylation sites is 1. The van der Waals surface area contributed by atoms with Crippen LogP contribution in [-0.2, 0) is 9.47 Å². The molecule has 0 atom stereocenters. The zero-order valence-corrected chi connectivity index (χ0v) is 19.5. The van der Waals surface area contributed by atoms with E-state index in [1.165, 1.54) is 43.8 Å². The first-order chi connectivity index (χ1) is 16.8. The number of benzene rings is 2. The topological polar surface area (TPSA) is 158 Å². The smallest absolute Gasteiger partial charge is 0.353 e. The molecule has 2 aromatic carbocycles. The second kappa shape index (κ2) is 9.69. The van der Waals surface area contributed by atoms with Gasteiger partial charge < -0.3 is 20.1 Å². The highest BCUT2D eigenvalue weighted by Gasteiger charge is 2.25. The van der Waals surface area contributed by atoms with Gasteiger partial charge in [0.25, 0.3) is 0 Å². The molecule has 0 aliphatic carbocycles. The predicted molar refractivity (Wildman–Crippen MR) is 129 cm³/mol. The molecule has 0 aliphatic rings. The number of anilines is 4. The summed E-state index contributed by atoms with van der Waals surface area (Å²) in [5, 5.41) is 18.1. The SMILES string of the molecule is COC(=O)c1cc(Nc2ncnc(Nc3nc4c(C)cccc4s3)c2[N+](=O)[O-])cc(C(=O)OC)c1. The highest BCUT2D eigenvalue weighted by Crippen LogP contribution is 2.36. The number of fused-ring (bicyclic) bond motifs is 1. The summed E-state index contributed by atoms with van der Waals surface area (Å²) in [7, 11) is 2.38. The third kappa shape index (κ3) is 4.84. The van der Waals surface area contributed by atoms with Gasteiger partial charge in [-0.25, -0.2) is 24.5 Å². The van der Waals surface area contributed by atoms with Crippen LogP contribution in [0.15, 0.2) is 42.7 Å². The molecule has 4 rings (SSSR count). The number of hydrogen-bond acceptors (Lipinski definition) is 12. The summed E-state index contributed by atoms with van der Waals surface area (Å²) in [6.07, 6.45) is 1.14. The fourth-order valence-corrected chi connectivity index (χ4v) is 4.23. The lowest BCUT2D eigenvalue weighted by Crippen LogP contribution is -2.09. The molecule has 2 N–H and O–H groups in total. The van der Waals surface area contributed by atoms with Crippen LogP contribution in [-0.4, -0.2) is 46.0 Å². The number of nitro groups is 1. The highest BCUT2D eigenvalue weighted by molar-refractivity contribution is 7.22. The lowest BCUT2D eigenvalue weighted by molar-refractivity contribution is -0.383. The number of ether oxygens (including phenoxy) is 2. The van der Waals surface area contributed by atoms with E-state index in [0.29, 0.717) is 5.13 Å². The largest absolute Gasteiger partial charge is 0.465 e. The molecule has 4 aromatic rings. The van der Waals surface area contributed by atoms with Gasteiger partial charge in [0, 0.05) is 5.69 Å². The Morgan fingerprint density at radius 2 is 1.63 bits per heavy atom. The number of aromatic nitrogens is 3. The number of aryl methyl sites for hydroxylation is 1. The molecule has 0 saturated heterocycles. The molecule has 2 heterocycles. The van der Waals surface area contributed by atoms with Crippen molar-refractivity contribution in [2.45, 2.75) is 6.92 Å². The minimum absolute atomic E-state index is 0.0396. The summed E-state index contributed by atoms with van der Waals surface area (Å²) >= 11 is 1.32. The Bertz CT molecular complexity index is 1440. The standard InChI is InChI=1S/C22H18N6O6S/c1-11-5-4-6-15-16(11)26-22(35-15)27-19-17(28(31)32)18(23-10-24-19)25-14-8-12(20(29)33-2)7-13(9-14)21(30)34-3/h4-10H,1-3H3,(H2,23,24,25,26,27). The fourth-order valence-electron chi connectivity index (χ4n) is 3.28. The van der Waals surface area contributed by atoms with Crippen LogP contribution in [0, 0.1) is 17.0 Å². The van der Waals surface area contributed by atoms with Crippen LogP contribution in [0.1, 0.15) is 26.3 Å². The number of esters is 2. The molecule has 0 amide bonds. The number of carbonyl (C=O) groups is 2. The number of rotatable bonds is 7. The van der Waals surface area contributed by atoms with E-state index in [4.69, 9.17) is 9.47 Å². The van der Waals surface area contributed by atoms with Gasteiger partial charge in [0.1, 0.15) is 6.33 Å². The summed E-state index contributed by atoms with van der Waals surface area (Å²) in [6.45, 7) is 1.92. The van der Waals surface area contributed by atoms with Gasteiger partial charge in [-0.05, 0) is 36.8 Å². The van der Waals surface area contributed by atoms with E-state index in [0.717, 1.165) is 22.1 Å². The summed E-state index contributed by atoms with van der Waals surface area (Å²) < 4.78 is 10.4. The van der Waals surface area contributed by atoms with Crippen molar-refractivity contribution in [1.82, 2.24) is 15.0 Å². The van der Waals surface area contributed by atoms with E-state index >= 15 is 0 Å². The minimum Gasteiger partial charge on any atom is -0.465 e. The second-order valence-electron chi connectivity index (χ2n) is 7.15. The van der Waals surface area contributed by atoms with Crippen molar-refractivity contribution in [3.05, 3.63) is 69.5 Å². The Morgan fingerprint density at radius 3 is 2.20 bits per heavy atom. The molecule has 0 unspecified atom stereocenters. The molecule has 2 aromatic heterocycles. The van der Waals surface area contributed by atoms with Gasteiger partial charge in [-0.15, -0.1) is 0 Å². The fraction of sp³-hybridized carbons (Fsp3) is 0.136. The van der Waals surface area contributed by atoms with Crippen molar-refractivity contribution in [1.29, 1.82) is 0 Å². The molecule has 0 aliphatic heterocycles. The lowest BCUT2D eigenvalue weighted by Gasteiger charge is -2.11. The van der Waals surface area contributed by atoms with Crippen LogP contribution >= 0.6 is 11.3 Å². The maximum Gasteiger partial charge on any atom is 0.353 e. The van der Waals surface area contributed by atoms with Gasteiger partial charge in [0.15, 0.2) is 5.13 Å². The molecule has 178 valence electrons. The first-order valence-electron chi connectivity index (χ1n) is 10.0. The predicted octanol–water partition coefficient (Wildman–Crippen LogP) is 4.36. The van der Waals surface area contributed by atoms with E-state index in [1.54, 1.807) is 0 Å². The molecule has 0 saturated carbocycles. The van der Waals surface area contributed by atoms with Gasteiger partial charge >= 0.3 is 17.6 Å². The molecule has 0 radical (unpaired) electrons. The molecule has 12 nitrogen and oxygen atoms in total. The Kier molecular flexibility index (Phi) is 6.51. The van der Waals surface area contributed by atoms with Crippen molar-refractivity contribution in [2.75, 3.05) is 24.9 Å². The van der Waals surface area contributed by atoms with E-state index in [2.05, 4.69) is 25.6 Å². The van der Waals surface area contributed by atoms with Gasteiger partial charge in [0.05, 0.1) is 40.5 Å². The number of nitrogens with one attached hydrogen (secondary N) is 2. The van der Waals surface area contributed by atoms with Crippen LogP contribution in [0.5, 0.6) is 0 Å². The van der Waals surface area contributed by atoms with Gasteiger partial charge in [-0.1, -0.05) is 23.5 Å². The number of carbonyl (C=O) groups excluding carboxylic acids is 2. The molecule has 13 heteroatoms. The quantitative estimate of drug-likeness (QED) is 0.213. The zero-order chi connectivity index (χ0) is 25.1. The van der Waals surface area contributed by atoms with Crippen LogP contribution in [0.25, 0.3) is 10.2 Å². The first-order valence-corrected chi connectivity index (χ1v) is 10.8. The number of nitrogens with zero attached hydrogens (tertiary/aromatic N) is 4. The normalized spacial score (nSPS) is 10.6. The zero-order valence-electron chi connectivity index (χ0n) is 18.7. The Labute approximate surface area is 202 Å². The Hall–Kier alpha value is -4.65. The van der Waals surface area contributed by atoms with Crippen molar-refractivity contribution in [3.63, 3.8) is 0 Å². The summed E-state index contributed by atoms with van der Waals surface area (Å²) in [5.74, 6) is -1.65. The molecule has 0 spiro atoms. The third-order valence-corrected chi connectivity index (χ3v) is 5.82. The minimum atomic E-state index is -0.704. The van der Waals surface area contributed by atoms with Crippen molar-refractivity contribution in [2.24, 2.45) is 0 Å². The number of thiazole rings is 1. The monoisotopic (exact) mass is 494 g/mol. The number of hydrogen-bond donors (Lipinski definition) is 2. The third-order valence-electron chi connectivity index (χ3n) is 4.89. The van der Waals surface area contributed by atoms with Crippen LogP contribution in [0.2, 0.25) is 0 Å². The van der Waals surface area contributed by atoms with Crippen molar-refractivity contribution >= 4 is 61.6 Å². The molecular formula is C22H18N6O6S. The molecule has 0 bridgehead atoms. The highest BCUT2D eigenvalue weighted by atomic mass is 32.1. The summed E-state index contributed by atoms with van der Waals surface area (Å²) in [5.41, 5.74) is 1.56. The van der Waals surface area contributed by atoms with Gasteiger partial charge in [0.2, 0.25) is 11.6 Å². The molecular weight excluding hydrogens is 476 g/mol. The molecule has 0 fully saturated rings. The molecule has 35 heavy (non-hydrogen) atoms. The van der Waals surface area contributed by atoms with Gasteiger partial charge in [-0.2, -0.15) is 0 Å². The Morgan fingerprint density at radius 1 is 1.00 bits per heavy atom. The maximum absolute atomic E-state index is 12.1. The number of methoxy groups -OCH3 is 2. The van der Waals surface area contributed by atoms with E-state index in [1.807, 2.05) is 25.1 Å². The summed E-state index contributed by atoms with van der Waals surface area (Å²) in [6, 6.07) is 9.76. The first kappa shape index (κ1) is 23.5. The van der Waals surface area contributed by atoms with Gasteiger partial charge in [-0.3, -0.25) is 10.1 Å². The summed E-state index contributed by atoms with van der Waals surface area (Å²) in [4.78, 5) is 48.0. The lowest BCUT2D eigenvalue weighted by atomic mass is 10.1. The second-order valence-corrected chi connectivity index (χ2v) is 8.18. The van der Waals surface area contributed by atoms with Crippen molar-refractivity contribution < 1.29 is 24.0 Å². The average molecular weight is 494 g/mol. The van der Waals surface area contributed by atoms with E-state index in [9.17, 15) is 19.7 Å². The van der Waals surface area contributed by atoms with Crippen LogP contribution < -0.4 is 10.6 Å².